The molecule has 16 heavy (non-hydrogen) atoms. The second kappa shape index (κ2) is 4.06. The average molecular weight is 305 g/mol. The van der Waals surface area contributed by atoms with Crippen molar-refractivity contribution in [2.24, 2.45) is 7.05 Å². The Hall–Kier alpha value is -1.08. The number of rotatable bonds is 2. The van der Waals surface area contributed by atoms with E-state index in [4.69, 9.17) is 0 Å². The molecule has 0 radical (unpaired) electrons. The Bertz CT molecular complexity index is 634. The van der Waals surface area contributed by atoms with Crippen molar-refractivity contribution in [3.63, 3.8) is 0 Å². The van der Waals surface area contributed by atoms with E-state index in [0.717, 1.165) is 3.97 Å². The summed E-state index contributed by atoms with van der Waals surface area (Å²) in [4.78, 5) is 22.5. The second-order valence-electron chi connectivity index (χ2n) is 3.21. The molecule has 0 N–H and O–H groups in total. The third-order valence-corrected chi connectivity index (χ3v) is 3.37. The quantitative estimate of drug-likeness (QED) is 0.800. The van der Waals surface area contributed by atoms with Gasteiger partial charge >= 0.3 is 0 Å². The number of pyridine rings is 1. The van der Waals surface area contributed by atoms with E-state index in [9.17, 15) is 13.5 Å². The predicted molar refractivity (Wildman–Crippen MR) is 64.4 cm³/mol. The zero-order chi connectivity index (χ0) is 11.9. The highest BCUT2D eigenvalue weighted by molar-refractivity contribution is 9.10. The van der Waals surface area contributed by atoms with Crippen molar-refractivity contribution >= 4 is 45.5 Å². The Balaban J connectivity index is 3.03. The van der Waals surface area contributed by atoms with Crippen LogP contribution in [0.15, 0.2) is 21.5 Å². The van der Waals surface area contributed by atoms with Crippen LogP contribution in [-0.4, -0.2) is 14.8 Å². The van der Waals surface area contributed by atoms with Crippen LogP contribution in [0.25, 0.3) is 10.9 Å². The van der Waals surface area contributed by atoms with Crippen LogP contribution in [0.1, 0.15) is 10.5 Å². The number of nitrogens with zero attached hydrogens (tertiary/aromatic N) is 2. The van der Waals surface area contributed by atoms with Gasteiger partial charge in [0.1, 0.15) is 0 Å². The van der Waals surface area contributed by atoms with Gasteiger partial charge in [-0.2, -0.15) is 0 Å². The van der Waals surface area contributed by atoms with E-state index in [1.165, 1.54) is 16.8 Å². The van der Waals surface area contributed by atoms with E-state index in [0.29, 0.717) is 21.7 Å². The molecule has 0 atom stereocenters. The first-order chi connectivity index (χ1) is 7.60. The van der Waals surface area contributed by atoms with Crippen LogP contribution < -0.4 is 5.56 Å². The summed E-state index contributed by atoms with van der Waals surface area (Å²) in [7, 11) is 1.59. The van der Waals surface area contributed by atoms with Crippen molar-refractivity contribution in [3.05, 3.63) is 32.8 Å². The van der Waals surface area contributed by atoms with Crippen LogP contribution in [0, 0.1) is 0 Å². The van der Waals surface area contributed by atoms with Gasteiger partial charge in [-0.15, -0.1) is 3.89 Å². The molecule has 7 heteroatoms. The van der Waals surface area contributed by atoms with Crippen molar-refractivity contribution in [1.82, 2.24) is 8.54 Å². The zero-order valence-electron chi connectivity index (χ0n) is 8.11. The molecule has 0 spiro atoms. The molecule has 0 fully saturated rings. The molecule has 2 rings (SSSR count). The van der Waals surface area contributed by atoms with Crippen LogP contribution in [-0.2, 0) is 7.05 Å². The van der Waals surface area contributed by atoms with Gasteiger partial charge in [0.05, 0.1) is 21.1 Å². The third-order valence-electron chi connectivity index (χ3n) is 2.26. The molecular weight excluding hydrogens is 299 g/mol. The number of hydrogen-bond donors (Lipinski definition) is 0. The van der Waals surface area contributed by atoms with Gasteiger partial charge in [0.25, 0.3) is 5.56 Å². The van der Waals surface area contributed by atoms with Crippen LogP contribution in [0.4, 0.5) is 3.89 Å². The lowest BCUT2D eigenvalue weighted by atomic mass is 10.3. The fraction of sp³-hybridized carbons (Fsp3) is 0.111. The van der Waals surface area contributed by atoms with E-state index in [2.05, 4.69) is 15.9 Å². The normalized spacial score (nSPS) is 10.9. The Morgan fingerprint density at radius 2 is 2.25 bits per heavy atom. The SMILES string of the molecule is Cn1cc(Br)c2c(cc(C=O)n2SF)c1=O. The molecule has 84 valence electrons. The van der Waals surface area contributed by atoms with E-state index in [1.807, 2.05) is 0 Å². The molecule has 2 aromatic rings. The van der Waals surface area contributed by atoms with E-state index >= 15 is 0 Å². The highest BCUT2D eigenvalue weighted by Gasteiger charge is 2.15. The molecule has 0 aliphatic carbocycles. The second-order valence-corrected chi connectivity index (χ2v) is 4.56. The van der Waals surface area contributed by atoms with E-state index < -0.39 is 0 Å². The standard InChI is InChI=1S/C9H6BrFN2O2S/c1-12-3-7(10)8-6(9(12)15)2-5(4-14)13(8)16-11/h2-4H,1H3. The molecule has 0 aliphatic heterocycles. The largest absolute Gasteiger partial charge is 0.317 e. The summed E-state index contributed by atoms with van der Waals surface area (Å²) in [5.41, 5.74) is 0.221. The summed E-state index contributed by atoms with van der Waals surface area (Å²) in [6, 6.07) is 1.38. The molecule has 2 aromatic heterocycles. The molecule has 0 unspecified atom stereocenters. The highest BCUT2D eigenvalue weighted by Crippen LogP contribution is 2.28. The zero-order valence-corrected chi connectivity index (χ0v) is 10.5. The molecule has 0 saturated heterocycles. The number of fused-ring (bicyclic) bond motifs is 1. The topological polar surface area (TPSA) is 44.0 Å². The van der Waals surface area contributed by atoms with Crippen molar-refractivity contribution < 1.29 is 8.68 Å². The first-order valence-electron chi connectivity index (χ1n) is 4.25. The predicted octanol–water partition coefficient (Wildman–Crippen LogP) is 2.30. The molecular formula is C9H6BrFN2O2S. The van der Waals surface area contributed by atoms with Crippen molar-refractivity contribution in [2.45, 2.75) is 0 Å². The smallest absolute Gasteiger partial charge is 0.259 e. The molecule has 0 amide bonds. The monoisotopic (exact) mass is 304 g/mol. The maximum atomic E-state index is 12.7. The van der Waals surface area contributed by atoms with Gasteiger partial charge in [0.15, 0.2) is 18.6 Å². The fourth-order valence-corrected chi connectivity index (χ4v) is 2.79. The van der Waals surface area contributed by atoms with Gasteiger partial charge in [0, 0.05) is 13.2 Å². The van der Waals surface area contributed by atoms with Crippen LogP contribution >= 0.6 is 28.3 Å². The lowest BCUT2D eigenvalue weighted by molar-refractivity contribution is 0.111. The molecule has 0 aliphatic rings. The minimum Gasteiger partial charge on any atom is -0.317 e. The Labute approximate surface area is 103 Å². The summed E-state index contributed by atoms with van der Waals surface area (Å²) in [6.07, 6.45) is 2.05. The first kappa shape index (κ1) is 11.4. The summed E-state index contributed by atoms with van der Waals surface area (Å²) in [5, 5.41) is 0.309. The Morgan fingerprint density at radius 3 is 2.81 bits per heavy atom. The van der Waals surface area contributed by atoms with Crippen molar-refractivity contribution in [1.29, 1.82) is 0 Å². The Kier molecular flexibility index (Phi) is 2.90. The van der Waals surface area contributed by atoms with E-state index in [-0.39, 0.29) is 23.6 Å². The fourth-order valence-electron chi connectivity index (χ4n) is 1.54. The van der Waals surface area contributed by atoms with Gasteiger partial charge in [0.2, 0.25) is 0 Å². The first-order valence-corrected chi connectivity index (χ1v) is 5.71. The third kappa shape index (κ3) is 1.51. The van der Waals surface area contributed by atoms with E-state index in [1.54, 1.807) is 7.05 Å². The molecule has 0 bridgehead atoms. The van der Waals surface area contributed by atoms with Gasteiger partial charge < -0.3 is 4.57 Å². The Morgan fingerprint density at radius 1 is 1.56 bits per heavy atom. The van der Waals surface area contributed by atoms with Crippen LogP contribution in [0.2, 0.25) is 0 Å². The van der Waals surface area contributed by atoms with Gasteiger partial charge in [-0.25, -0.2) is 0 Å². The summed E-state index contributed by atoms with van der Waals surface area (Å²) in [6.45, 7) is 0. The number of aromatic nitrogens is 2. The van der Waals surface area contributed by atoms with Crippen molar-refractivity contribution in [3.8, 4) is 0 Å². The highest BCUT2D eigenvalue weighted by atomic mass is 79.9. The minimum atomic E-state index is -0.269. The molecule has 0 saturated carbocycles. The van der Waals surface area contributed by atoms with Crippen LogP contribution in [0.3, 0.4) is 0 Å². The number of carbonyl (C=O) groups is 1. The summed E-state index contributed by atoms with van der Waals surface area (Å²) in [5.74, 6) is 0. The molecule has 2 heterocycles. The number of aryl methyl sites for hydroxylation is 1. The van der Waals surface area contributed by atoms with Crippen molar-refractivity contribution in [2.75, 3.05) is 0 Å². The van der Waals surface area contributed by atoms with Gasteiger partial charge in [-0.1, -0.05) is 0 Å². The summed E-state index contributed by atoms with van der Waals surface area (Å²) < 4.78 is 15.7. The van der Waals surface area contributed by atoms with Gasteiger partial charge in [-0.3, -0.25) is 13.6 Å². The molecule has 0 aromatic carbocycles. The number of carbonyl (C=O) groups excluding carboxylic acids is 1. The summed E-state index contributed by atoms with van der Waals surface area (Å²) >= 11 is 3.13. The lowest BCUT2D eigenvalue weighted by Crippen LogP contribution is -2.15. The van der Waals surface area contributed by atoms with Gasteiger partial charge in [-0.05, 0) is 22.0 Å². The number of aldehydes is 1. The maximum Gasteiger partial charge on any atom is 0.259 e. The minimum absolute atomic E-state index is 0.108. The average Bonchev–Trinajstić information content (AvgIpc) is 2.64. The number of halogens is 2. The number of hydrogen-bond acceptors (Lipinski definition) is 3. The van der Waals surface area contributed by atoms with Crippen LogP contribution in [0.5, 0.6) is 0 Å². The maximum absolute atomic E-state index is 12.7. The lowest BCUT2D eigenvalue weighted by Gasteiger charge is -2.03. The molecule has 4 nitrogen and oxygen atoms in total.